The number of hydrogen-bond donors (Lipinski definition) is 2. The highest BCUT2D eigenvalue weighted by Gasteiger charge is 2.17. The van der Waals surface area contributed by atoms with E-state index in [0.717, 1.165) is 37.2 Å². The van der Waals surface area contributed by atoms with Crippen molar-refractivity contribution in [1.82, 2.24) is 14.0 Å². The van der Waals surface area contributed by atoms with Crippen molar-refractivity contribution in [2.45, 2.75) is 38.5 Å². The highest BCUT2D eigenvalue weighted by Crippen LogP contribution is 2.27. The van der Waals surface area contributed by atoms with Crippen molar-refractivity contribution in [3.8, 4) is 0 Å². The minimum Gasteiger partial charge on any atom is -1.00 e. The molecule has 1 saturated heterocycles. The van der Waals surface area contributed by atoms with Crippen LogP contribution in [0.4, 0.5) is 0 Å². The lowest BCUT2D eigenvalue weighted by molar-refractivity contribution is -0.00000774. The van der Waals surface area contributed by atoms with E-state index in [9.17, 15) is 5.11 Å². The molecule has 0 radical (unpaired) electrons. The van der Waals surface area contributed by atoms with E-state index in [4.69, 9.17) is 28.6 Å². The van der Waals surface area contributed by atoms with Gasteiger partial charge in [0.05, 0.1) is 33.7 Å². The highest BCUT2D eigenvalue weighted by atomic mass is 35.5. The van der Waals surface area contributed by atoms with E-state index < -0.39 is 6.10 Å². The number of hydrogen-bond acceptors (Lipinski definition) is 3. The zero-order valence-corrected chi connectivity index (χ0v) is 19.0. The molecule has 2 aromatic carbocycles. The van der Waals surface area contributed by atoms with Gasteiger partial charge in [0.25, 0.3) is 0 Å². The minimum atomic E-state index is -0.778. The number of aromatic nitrogens is 2. The second kappa shape index (κ2) is 10.2. The molecule has 1 atom stereocenters. The molecule has 5 nitrogen and oxygen atoms in total. The van der Waals surface area contributed by atoms with Gasteiger partial charge in [-0.05, 0) is 55.8 Å². The van der Waals surface area contributed by atoms with Crippen LogP contribution in [0, 0.1) is 5.41 Å². The number of likely N-dealkylation sites (tertiary alicyclic amines) is 1. The Bertz CT molecular complexity index is 1060. The largest absolute Gasteiger partial charge is 1.00 e. The molecule has 0 aliphatic carbocycles. The van der Waals surface area contributed by atoms with E-state index in [1.807, 2.05) is 33.4 Å². The Morgan fingerprint density at radius 3 is 2.23 bits per heavy atom. The number of benzene rings is 2. The molecule has 0 saturated carbocycles. The summed E-state index contributed by atoms with van der Waals surface area (Å²) in [6.07, 6.45) is 3.06. The maximum absolute atomic E-state index is 10.8. The van der Waals surface area contributed by atoms with Crippen molar-refractivity contribution in [2.75, 3.05) is 19.6 Å². The molecule has 1 aromatic heterocycles. The van der Waals surface area contributed by atoms with Gasteiger partial charge in [-0.25, -0.2) is 0 Å². The van der Waals surface area contributed by atoms with Gasteiger partial charge in [-0.3, -0.25) is 5.41 Å². The van der Waals surface area contributed by atoms with Crippen molar-refractivity contribution in [3.05, 3.63) is 63.7 Å². The summed E-state index contributed by atoms with van der Waals surface area (Å²) >= 11 is 12.1. The number of rotatable bonds is 6. The second-order valence-electron chi connectivity index (χ2n) is 7.67. The van der Waals surface area contributed by atoms with E-state index >= 15 is 0 Å². The number of piperidine rings is 1. The normalized spacial score (nSPS) is 15.8. The van der Waals surface area contributed by atoms with Crippen LogP contribution >= 0.6 is 23.2 Å². The van der Waals surface area contributed by atoms with Crippen LogP contribution in [0.2, 0.25) is 10.0 Å². The predicted molar refractivity (Wildman–Crippen MR) is 117 cm³/mol. The molecular formula is C22H26Cl3N4O-. The van der Waals surface area contributed by atoms with Crippen LogP contribution in [0.1, 0.15) is 30.9 Å². The summed E-state index contributed by atoms with van der Waals surface area (Å²) in [6.45, 7) is 4.29. The molecular weight excluding hydrogens is 443 g/mol. The molecule has 2 N–H and O–H groups in total. The summed E-state index contributed by atoms with van der Waals surface area (Å²) in [4.78, 5) is 2.48. The van der Waals surface area contributed by atoms with E-state index in [1.54, 1.807) is 18.2 Å². The lowest BCUT2D eigenvalue weighted by atomic mass is 10.1. The Balaban J connectivity index is 0.00000256. The lowest BCUT2D eigenvalue weighted by Crippen LogP contribution is -3.00. The highest BCUT2D eigenvalue weighted by molar-refractivity contribution is 6.42. The molecule has 2 heterocycles. The summed E-state index contributed by atoms with van der Waals surface area (Å²) in [7, 11) is 0. The quantitative estimate of drug-likeness (QED) is 0.575. The van der Waals surface area contributed by atoms with Gasteiger partial charge in [-0.1, -0.05) is 47.8 Å². The van der Waals surface area contributed by atoms with Gasteiger partial charge >= 0.3 is 0 Å². The Kier molecular flexibility index (Phi) is 7.88. The Hall–Kier alpha value is -1.50. The number of halogens is 3. The molecule has 1 unspecified atom stereocenters. The molecule has 0 spiro atoms. The lowest BCUT2D eigenvalue weighted by Gasteiger charge is -2.26. The number of aliphatic hydroxyl groups excluding tert-OH is 1. The first-order valence-corrected chi connectivity index (χ1v) is 10.9. The summed E-state index contributed by atoms with van der Waals surface area (Å²) in [5, 5.41) is 20.4. The number of aliphatic hydroxyl groups is 1. The Morgan fingerprint density at radius 2 is 1.57 bits per heavy atom. The molecule has 0 bridgehead atoms. The maximum Gasteiger partial charge on any atom is 0.203 e. The molecule has 3 aromatic rings. The van der Waals surface area contributed by atoms with Crippen LogP contribution in [0.15, 0.2) is 42.5 Å². The molecule has 30 heavy (non-hydrogen) atoms. The first kappa shape index (κ1) is 23.2. The second-order valence-corrected chi connectivity index (χ2v) is 8.48. The van der Waals surface area contributed by atoms with Gasteiger partial charge in [-0.2, -0.15) is 0 Å². The number of fused-ring (bicyclic) bond motifs is 1. The van der Waals surface area contributed by atoms with E-state index in [0.29, 0.717) is 21.2 Å². The number of imidazole rings is 1. The average Bonchev–Trinajstić information content (AvgIpc) is 3.00. The number of para-hydroxylation sites is 2. The van der Waals surface area contributed by atoms with Crippen LogP contribution < -0.4 is 18.0 Å². The van der Waals surface area contributed by atoms with E-state index in [2.05, 4.69) is 4.90 Å². The molecule has 1 aliphatic heterocycles. The minimum absolute atomic E-state index is 0. The fourth-order valence-corrected chi connectivity index (χ4v) is 4.43. The molecule has 1 aliphatic rings. The first-order chi connectivity index (χ1) is 14.0. The topological polar surface area (TPSA) is 57.2 Å². The number of nitrogens with zero attached hydrogens (tertiary/aromatic N) is 3. The van der Waals surface area contributed by atoms with Gasteiger partial charge in [0, 0.05) is 13.1 Å². The third-order valence-corrected chi connectivity index (χ3v) is 6.49. The Labute approximate surface area is 192 Å². The fraction of sp³-hybridized carbons (Fsp3) is 0.409. The van der Waals surface area contributed by atoms with E-state index in [-0.39, 0.29) is 19.0 Å². The predicted octanol–water partition coefficient (Wildman–Crippen LogP) is 1.45. The number of nitrogens with one attached hydrogen (secondary N) is 1. The third kappa shape index (κ3) is 4.87. The smallest absolute Gasteiger partial charge is 0.203 e. The van der Waals surface area contributed by atoms with Gasteiger partial charge in [0.1, 0.15) is 0 Å². The van der Waals surface area contributed by atoms with Crippen LogP contribution in [-0.2, 0) is 13.1 Å². The van der Waals surface area contributed by atoms with E-state index in [1.165, 1.54) is 19.3 Å². The van der Waals surface area contributed by atoms with Crippen LogP contribution in [0.3, 0.4) is 0 Å². The summed E-state index contributed by atoms with van der Waals surface area (Å²) in [5.74, 6) is 0. The van der Waals surface area contributed by atoms with Gasteiger partial charge in [-0.15, -0.1) is 0 Å². The molecule has 162 valence electrons. The summed E-state index contributed by atoms with van der Waals surface area (Å²) in [5.41, 5.74) is 3.07. The van der Waals surface area contributed by atoms with Gasteiger partial charge in [0.2, 0.25) is 5.62 Å². The molecule has 0 amide bonds. The maximum atomic E-state index is 10.8. The summed E-state index contributed by atoms with van der Waals surface area (Å²) < 4.78 is 3.92. The molecule has 4 rings (SSSR count). The van der Waals surface area contributed by atoms with Crippen LogP contribution in [0.5, 0.6) is 0 Å². The standard InChI is InChI=1S/C22H26Cl2N4O.ClH/c23-17-9-8-16(14-18(17)24)21(29)15-28-20-7-3-2-6-19(20)27(22(28)25)13-12-26-10-4-1-5-11-26;/h2-3,6-9,14,21,25,29H,1,4-5,10-13,15H2;1H/p-1. The molecule has 8 heteroatoms. The van der Waals surface area contributed by atoms with Crippen molar-refractivity contribution >= 4 is 34.2 Å². The van der Waals surface area contributed by atoms with Crippen molar-refractivity contribution < 1.29 is 17.5 Å². The zero-order chi connectivity index (χ0) is 20.4. The van der Waals surface area contributed by atoms with Crippen LogP contribution in [-0.4, -0.2) is 38.8 Å². The average molecular weight is 469 g/mol. The molecule has 1 fully saturated rings. The third-order valence-electron chi connectivity index (χ3n) is 5.75. The van der Waals surface area contributed by atoms with Crippen molar-refractivity contribution in [2.24, 2.45) is 0 Å². The fourth-order valence-electron chi connectivity index (χ4n) is 4.13. The van der Waals surface area contributed by atoms with Crippen LogP contribution in [0.25, 0.3) is 11.0 Å². The monoisotopic (exact) mass is 467 g/mol. The Morgan fingerprint density at radius 1 is 0.900 bits per heavy atom. The van der Waals surface area contributed by atoms with Crippen molar-refractivity contribution in [3.63, 3.8) is 0 Å². The zero-order valence-electron chi connectivity index (χ0n) is 16.7. The van der Waals surface area contributed by atoms with Gasteiger partial charge in [0.15, 0.2) is 0 Å². The summed E-state index contributed by atoms with van der Waals surface area (Å²) in [6, 6.07) is 13.2. The van der Waals surface area contributed by atoms with Gasteiger partial charge < -0.3 is 31.5 Å². The first-order valence-electron chi connectivity index (χ1n) is 10.1. The SMILES string of the molecule is N=c1n(CCN2CCCCC2)c2ccccc2n1CC(O)c1ccc(Cl)c(Cl)c1.[Cl-]. The van der Waals surface area contributed by atoms with Crippen molar-refractivity contribution in [1.29, 1.82) is 5.41 Å².